The fourth-order valence-electron chi connectivity index (χ4n) is 3.72. The molecule has 1 heterocycles. The zero-order valence-electron chi connectivity index (χ0n) is 10.1. The molecular formula is C13H24O. The summed E-state index contributed by atoms with van der Waals surface area (Å²) in [5.74, 6) is 0.748. The Morgan fingerprint density at radius 1 is 1.36 bits per heavy atom. The van der Waals surface area contributed by atoms with Crippen molar-refractivity contribution in [1.29, 1.82) is 0 Å². The quantitative estimate of drug-likeness (QED) is 0.653. The van der Waals surface area contributed by atoms with Gasteiger partial charge in [-0.15, -0.1) is 0 Å². The molecule has 82 valence electrons. The molecule has 0 N–H and O–H groups in total. The number of hydrogen-bond donors (Lipinski definition) is 0. The van der Waals surface area contributed by atoms with Crippen molar-refractivity contribution in [3.63, 3.8) is 0 Å². The molecule has 1 aliphatic carbocycles. The minimum absolute atomic E-state index is 0.187. The summed E-state index contributed by atoms with van der Waals surface area (Å²) in [6, 6.07) is 0. The van der Waals surface area contributed by atoms with Gasteiger partial charge < -0.3 is 4.74 Å². The summed E-state index contributed by atoms with van der Waals surface area (Å²) in [6.07, 6.45) is 7.20. The van der Waals surface area contributed by atoms with Gasteiger partial charge in [0.2, 0.25) is 0 Å². The molecule has 0 aromatic rings. The third kappa shape index (κ3) is 1.32. The minimum atomic E-state index is 0.187. The van der Waals surface area contributed by atoms with Crippen LogP contribution in [-0.4, -0.2) is 11.7 Å². The summed E-state index contributed by atoms with van der Waals surface area (Å²) in [4.78, 5) is 0. The van der Waals surface area contributed by atoms with E-state index in [4.69, 9.17) is 4.74 Å². The lowest BCUT2D eigenvalue weighted by Crippen LogP contribution is -2.38. The first-order chi connectivity index (χ1) is 6.52. The molecular weight excluding hydrogens is 172 g/mol. The van der Waals surface area contributed by atoms with Crippen LogP contribution in [0.5, 0.6) is 0 Å². The lowest BCUT2D eigenvalue weighted by molar-refractivity contribution is -0.0546. The Morgan fingerprint density at radius 3 is 2.71 bits per heavy atom. The Balaban J connectivity index is 2.22. The van der Waals surface area contributed by atoms with Crippen molar-refractivity contribution >= 4 is 0 Å². The highest BCUT2D eigenvalue weighted by Crippen LogP contribution is 2.57. The van der Waals surface area contributed by atoms with Crippen LogP contribution in [0.2, 0.25) is 0 Å². The number of hydrogen-bond acceptors (Lipinski definition) is 1. The van der Waals surface area contributed by atoms with Gasteiger partial charge in [-0.05, 0) is 50.9 Å². The zero-order valence-corrected chi connectivity index (χ0v) is 10.1. The highest BCUT2D eigenvalue weighted by atomic mass is 16.5. The van der Waals surface area contributed by atoms with Gasteiger partial charge in [-0.2, -0.15) is 0 Å². The number of fused-ring (bicyclic) bond motifs is 2. The van der Waals surface area contributed by atoms with E-state index in [9.17, 15) is 0 Å². The van der Waals surface area contributed by atoms with Gasteiger partial charge in [0.15, 0.2) is 0 Å². The monoisotopic (exact) mass is 196 g/mol. The SMILES string of the molecule is CCCC12CCC(C)[C@@](C)(C1)O[C@H]2C. The molecule has 14 heavy (non-hydrogen) atoms. The van der Waals surface area contributed by atoms with E-state index in [2.05, 4.69) is 27.7 Å². The van der Waals surface area contributed by atoms with Crippen LogP contribution in [0.4, 0.5) is 0 Å². The lowest BCUT2D eigenvalue weighted by atomic mass is 9.63. The molecule has 0 aromatic carbocycles. The molecule has 1 heteroatoms. The van der Waals surface area contributed by atoms with E-state index >= 15 is 0 Å². The molecule has 1 saturated carbocycles. The number of rotatable bonds is 2. The van der Waals surface area contributed by atoms with Crippen molar-refractivity contribution in [2.75, 3.05) is 0 Å². The van der Waals surface area contributed by atoms with Gasteiger partial charge in [-0.25, -0.2) is 0 Å². The van der Waals surface area contributed by atoms with Crippen LogP contribution in [0.3, 0.4) is 0 Å². The summed E-state index contributed by atoms with van der Waals surface area (Å²) in [5, 5.41) is 0. The van der Waals surface area contributed by atoms with E-state index in [0.717, 1.165) is 5.92 Å². The standard InChI is InChI=1S/C13H24O/c1-5-7-13-8-6-10(2)12(4,9-13)14-11(13)3/h10-11H,5-9H2,1-4H3/t10?,11-,12+,13?/m0/s1. The predicted octanol–water partition coefficient (Wildman–Crippen LogP) is 3.77. The van der Waals surface area contributed by atoms with Crippen LogP contribution in [0.25, 0.3) is 0 Å². The predicted molar refractivity (Wildman–Crippen MR) is 59.3 cm³/mol. The second-order valence-electron chi connectivity index (χ2n) is 5.80. The van der Waals surface area contributed by atoms with Gasteiger partial charge in [-0.1, -0.05) is 20.3 Å². The maximum absolute atomic E-state index is 6.24. The second-order valence-corrected chi connectivity index (χ2v) is 5.80. The summed E-state index contributed by atoms with van der Waals surface area (Å²) in [6.45, 7) is 9.27. The van der Waals surface area contributed by atoms with Crippen LogP contribution in [0.15, 0.2) is 0 Å². The van der Waals surface area contributed by atoms with E-state index in [1.807, 2.05) is 0 Å². The van der Waals surface area contributed by atoms with Gasteiger partial charge >= 0.3 is 0 Å². The molecule has 2 unspecified atom stereocenters. The molecule has 1 aliphatic heterocycles. The molecule has 2 fully saturated rings. The molecule has 1 nitrogen and oxygen atoms in total. The van der Waals surface area contributed by atoms with Crippen LogP contribution in [0.1, 0.15) is 59.8 Å². The summed E-state index contributed by atoms with van der Waals surface area (Å²) in [5.41, 5.74) is 0.711. The first-order valence-electron chi connectivity index (χ1n) is 6.20. The molecule has 2 bridgehead atoms. The van der Waals surface area contributed by atoms with Crippen molar-refractivity contribution in [3.05, 3.63) is 0 Å². The molecule has 0 amide bonds. The van der Waals surface area contributed by atoms with Crippen molar-refractivity contribution in [2.24, 2.45) is 11.3 Å². The average Bonchev–Trinajstić information content (AvgIpc) is 2.32. The smallest absolute Gasteiger partial charge is 0.0690 e. The highest BCUT2D eigenvalue weighted by molar-refractivity contribution is 5.05. The minimum Gasteiger partial charge on any atom is -0.371 e. The fourth-order valence-corrected chi connectivity index (χ4v) is 3.72. The van der Waals surface area contributed by atoms with Crippen LogP contribution in [-0.2, 0) is 4.74 Å². The van der Waals surface area contributed by atoms with E-state index in [0.29, 0.717) is 11.5 Å². The topological polar surface area (TPSA) is 9.23 Å². The van der Waals surface area contributed by atoms with E-state index < -0.39 is 0 Å². The van der Waals surface area contributed by atoms with Crippen molar-refractivity contribution < 1.29 is 4.74 Å². The highest BCUT2D eigenvalue weighted by Gasteiger charge is 2.56. The molecule has 1 saturated heterocycles. The van der Waals surface area contributed by atoms with Crippen LogP contribution >= 0.6 is 0 Å². The maximum Gasteiger partial charge on any atom is 0.0690 e. The summed E-state index contributed by atoms with van der Waals surface area (Å²) >= 11 is 0. The van der Waals surface area contributed by atoms with Crippen molar-refractivity contribution in [1.82, 2.24) is 0 Å². The van der Waals surface area contributed by atoms with Crippen LogP contribution < -0.4 is 0 Å². The van der Waals surface area contributed by atoms with Crippen molar-refractivity contribution in [2.45, 2.75) is 71.5 Å². The molecule has 0 radical (unpaired) electrons. The van der Waals surface area contributed by atoms with Gasteiger partial charge in [0.1, 0.15) is 0 Å². The van der Waals surface area contributed by atoms with Gasteiger partial charge in [0.05, 0.1) is 11.7 Å². The Hall–Kier alpha value is -0.0400. The fraction of sp³-hybridized carbons (Fsp3) is 1.00. The van der Waals surface area contributed by atoms with Crippen molar-refractivity contribution in [3.8, 4) is 0 Å². The Bertz CT molecular complexity index is 225. The van der Waals surface area contributed by atoms with Gasteiger partial charge in [0, 0.05) is 0 Å². The Kier molecular flexibility index (Phi) is 2.42. The maximum atomic E-state index is 6.24. The Morgan fingerprint density at radius 2 is 2.07 bits per heavy atom. The summed E-state index contributed by atoms with van der Waals surface area (Å²) < 4.78 is 6.24. The second kappa shape index (κ2) is 3.23. The van der Waals surface area contributed by atoms with Crippen LogP contribution in [0, 0.1) is 11.3 Å². The first kappa shape index (κ1) is 10.5. The normalized spacial score (nSPS) is 52.3. The Labute approximate surface area is 88.2 Å². The average molecular weight is 196 g/mol. The molecule has 4 atom stereocenters. The molecule has 2 aliphatic rings. The first-order valence-corrected chi connectivity index (χ1v) is 6.20. The largest absolute Gasteiger partial charge is 0.371 e. The van der Waals surface area contributed by atoms with E-state index in [1.165, 1.54) is 32.1 Å². The summed E-state index contributed by atoms with van der Waals surface area (Å²) in [7, 11) is 0. The molecule has 0 spiro atoms. The van der Waals surface area contributed by atoms with E-state index in [1.54, 1.807) is 0 Å². The lowest BCUT2D eigenvalue weighted by Gasteiger charge is -2.40. The molecule has 0 aromatic heterocycles. The zero-order chi connectivity index (χ0) is 10.4. The third-order valence-electron chi connectivity index (χ3n) is 4.88. The van der Waals surface area contributed by atoms with E-state index in [-0.39, 0.29) is 5.60 Å². The van der Waals surface area contributed by atoms with Gasteiger partial charge in [0.25, 0.3) is 0 Å². The number of ether oxygens (including phenoxy) is 1. The third-order valence-corrected chi connectivity index (χ3v) is 4.88. The van der Waals surface area contributed by atoms with Gasteiger partial charge in [-0.3, -0.25) is 0 Å². The molecule has 2 rings (SSSR count).